The summed E-state index contributed by atoms with van der Waals surface area (Å²) in [5.74, 6) is 2.51. The van der Waals surface area contributed by atoms with E-state index in [2.05, 4.69) is 64.3 Å². The monoisotopic (exact) mass is 238 g/mol. The first-order chi connectivity index (χ1) is 5.87. The van der Waals surface area contributed by atoms with Gasteiger partial charge in [0.25, 0.3) is 0 Å². The molecular weight excluding hydrogens is 213 g/mol. The zero-order chi connectivity index (χ0) is 10.5. The minimum atomic E-state index is -1.05. The molecule has 0 aliphatic rings. The molecule has 0 bridgehead atoms. The number of hydrogen-bond donors (Lipinski definition) is 0. The van der Waals surface area contributed by atoms with E-state index in [0.29, 0.717) is 0 Å². The molecule has 0 aliphatic carbocycles. The van der Waals surface area contributed by atoms with Gasteiger partial charge in [-0.3, -0.25) is 0 Å². The molecule has 0 aliphatic heterocycles. The first-order valence-electron chi connectivity index (χ1n) is 4.87. The van der Waals surface area contributed by atoms with Crippen LogP contribution in [-0.4, -0.2) is 33.3 Å². The number of hydrogen-bond acceptors (Lipinski definition) is 0. The van der Waals surface area contributed by atoms with Gasteiger partial charge in [0.05, 0.1) is 0 Å². The van der Waals surface area contributed by atoms with Crippen LogP contribution in [0.5, 0.6) is 0 Å². The number of rotatable bonds is 4. The molecule has 0 aromatic rings. The Balaban J connectivity index is 4.56. The fraction of sp³-hybridized carbons (Fsp3) is 0.600. The Morgan fingerprint density at radius 1 is 1.00 bits per heavy atom. The molecule has 0 nitrogen and oxygen atoms in total. The third-order valence-electron chi connectivity index (χ3n) is 3.05. The first kappa shape index (κ1) is 13.8. The second kappa shape index (κ2) is 5.60. The maximum absolute atomic E-state index is 2.54. The zero-order valence-corrected chi connectivity index (χ0v) is 12.8. The van der Waals surface area contributed by atoms with Crippen molar-refractivity contribution < 1.29 is 0 Å². The Kier molecular flexibility index (Phi) is 5.93. The van der Waals surface area contributed by atoms with Crippen molar-refractivity contribution in [2.75, 3.05) is 33.3 Å². The third kappa shape index (κ3) is 4.20. The van der Waals surface area contributed by atoms with Crippen LogP contribution in [0, 0.1) is 0 Å². The van der Waals surface area contributed by atoms with Gasteiger partial charge in [-0.15, -0.1) is 0 Å². The summed E-state index contributed by atoms with van der Waals surface area (Å²) in [5, 5.41) is 0. The molecule has 0 aromatic heterocycles. The molecule has 13 heavy (non-hydrogen) atoms. The van der Waals surface area contributed by atoms with Gasteiger partial charge in [-0.05, 0) is 0 Å². The van der Waals surface area contributed by atoms with Crippen molar-refractivity contribution in [2.45, 2.75) is 6.92 Å². The summed E-state index contributed by atoms with van der Waals surface area (Å²) >= 11 is 0. The molecule has 1 unspecified atom stereocenters. The van der Waals surface area contributed by atoms with Gasteiger partial charge in [0.15, 0.2) is 0 Å². The topological polar surface area (TPSA) is 0 Å². The van der Waals surface area contributed by atoms with E-state index in [1.807, 2.05) is 0 Å². The molecule has 80 valence electrons. The van der Waals surface area contributed by atoms with Crippen LogP contribution in [0.25, 0.3) is 0 Å². The van der Waals surface area contributed by atoms with E-state index in [9.17, 15) is 0 Å². The van der Waals surface area contributed by atoms with Gasteiger partial charge < -0.3 is 0 Å². The summed E-state index contributed by atoms with van der Waals surface area (Å²) in [7, 11) is 1.17. The molecule has 0 fully saturated rings. The van der Waals surface area contributed by atoms with Crippen molar-refractivity contribution in [3.63, 3.8) is 0 Å². The van der Waals surface area contributed by atoms with Gasteiger partial charge in [0, 0.05) is 0 Å². The molecule has 3 heteroatoms. The fourth-order valence-corrected chi connectivity index (χ4v) is 12.6. The fourth-order valence-electron chi connectivity index (χ4n) is 0.938. The van der Waals surface area contributed by atoms with Crippen LogP contribution in [0.1, 0.15) is 6.92 Å². The SMILES string of the molecule is C/C=C\C=C[PH](C)(C)[PH](C)(C)PC. The third-order valence-corrected chi connectivity index (χ3v) is 30.5. The molecule has 0 saturated carbocycles. The van der Waals surface area contributed by atoms with Crippen LogP contribution in [0.4, 0.5) is 0 Å². The predicted molar refractivity (Wildman–Crippen MR) is 78.5 cm³/mol. The number of allylic oxidation sites excluding steroid dienone is 3. The molecule has 0 N–H and O–H groups in total. The van der Waals surface area contributed by atoms with Crippen LogP contribution >= 0.6 is 21.9 Å². The molecule has 0 saturated heterocycles. The van der Waals surface area contributed by atoms with E-state index in [4.69, 9.17) is 0 Å². The van der Waals surface area contributed by atoms with E-state index in [0.717, 1.165) is 0 Å². The quantitative estimate of drug-likeness (QED) is 0.507. The van der Waals surface area contributed by atoms with Crippen molar-refractivity contribution in [2.24, 2.45) is 0 Å². The standard InChI is InChI=1S/C10H25P3/c1-7-8-9-10-12(3,4)13(5,6)11-2/h7-13H,1-6H3/b8-7-,10-9?. The Labute approximate surface area is 86.5 Å². The van der Waals surface area contributed by atoms with Crippen molar-refractivity contribution in [3.8, 4) is 0 Å². The van der Waals surface area contributed by atoms with Gasteiger partial charge in [-0.2, -0.15) is 0 Å². The van der Waals surface area contributed by atoms with E-state index in [1.54, 1.807) is 0 Å². The van der Waals surface area contributed by atoms with Crippen LogP contribution in [0.2, 0.25) is 0 Å². The van der Waals surface area contributed by atoms with E-state index < -0.39 is 13.6 Å². The van der Waals surface area contributed by atoms with Crippen molar-refractivity contribution in [1.29, 1.82) is 0 Å². The Hall–Kier alpha value is 0.770. The predicted octanol–water partition coefficient (Wildman–Crippen LogP) is 4.23. The summed E-state index contributed by atoms with van der Waals surface area (Å²) in [6, 6.07) is 0. The molecule has 0 heterocycles. The average molecular weight is 238 g/mol. The van der Waals surface area contributed by atoms with Gasteiger partial charge in [0.1, 0.15) is 0 Å². The molecule has 0 rings (SSSR count). The summed E-state index contributed by atoms with van der Waals surface area (Å²) in [6.07, 6.45) is 6.50. The molecule has 1 atom stereocenters. The Bertz CT molecular complexity index is 202. The van der Waals surface area contributed by atoms with Crippen LogP contribution in [0.3, 0.4) is 0 Å². The summed E-state index contributed by atoms with van der Waals surface area (Å²) in [4.78, 5) is 0. The normalized spacial score (nSPS) is 18.0. The first-order valence-corrected chi connectivity index (χ1v) is 14.4. The van der Waals surface area contributed by atoms with Crippen molar-refractivity contribution in [1.82, 2.24) is 0 Å². The van der Waals surface area contributed by atoms with Crippen LogP contribution in [-0.2, 0) is 0 Å². The average Bonchev–Trinajstić information content (AvgIpc) is 2.04. The van der Waals surface area contributed by atoms with Gasteiger partial charge in [-0.1, -0.05) is 0 Å². The van der Waals surface area contributed by atoms with E-state index in [1.165, 1.54) is 8.27 Å². The van der Waals surface area contributed by atoms with E-state index in [-0.39, 0.29) is 0 Å². The molecular formula is C10H25P3. The van der Waals surface area contributed by atoms with Gasteiger partial charge >= 0.3 is 86.2 Å². The Morgan fingerprint density at radius 2 is 1.54 bits per heavy atom. The maximum atomic E-state index is 2.54. The van der Waals surface area contributed by atoms with E-state index >= 15 is 0 Å². The Morgan fingerprint density at radius 3 is 1.92 bits per heavy atom. The van der Waals surface area contributed by atoms with Crippen molar-refractivity contribution >= 4 is 21.9 Å². The van der Waals surface area contributed by atoms with Crippen molar-refractivity contribution in [3.05, 3.63) is 24.0 Å². The van der Waals surface area contributed by atoms with Gasteiger partial charge in [0.2, 0.25) is 0 Å². The molecule has 0 radical (unpaired) electrons. The molecule has 0 aromatic carbocycles. The molecule has 0 amide bonds. The van der Waals surface area contributed by atoms with Crippen LogP contribution in [0.15, 0.2) is 24.0 Å². The van der Waals surface area contributed by atoms with Gasteiger partial charge in [-0.25, -0.2) is 0 Å². The summed E-state index contributed by atoms with van der Waals surface area (Å²) < 4.78 is 0. The minimum absolute atomic E-state index is 0.909. The second-order valence-corrected chi connectivity index (χ2v) is 26.4. The molecule has 0 spiro atoms. The second-order valence-electron chi connectivity index (χ2n) is 4.48. The zero-order valence-electron chi connectivity index (χ0n) is 9.81. The van der Waals surface area contributed by atoms with Crippen LogP contribution < -0.4 is 0 Å². The summed E-state index contributed by atoms with van der Waals surface area (Å²) in [6.45, 7) is 12.6. The summed E-state index contributed by atoms with van der Waals surface area (Å²) in [5.41, 5.74) is 0.